The maximum atomic E-state index is 12.9. The maximum absolute atomic E-state index is 12.9. The summed E-state index contributed by atoms with van der Waals surface area (Å²) in [4.78, 5) is 15.1. The molecule has 142 valence electrons. The Labute approximate surface area is 161 Å². The Balaban J connectivity index is 1.22. The van der Waals surface area contributed by atoms with Gasteiger partial charge in [-0.1, -0.05) is 6.07 Å². The molecule has 1 heterocycles. The lowest BCUT2D eigenvalue weighted by atomic mass is 9.81. The van der Waals surface area contributed by atoms with E-state index in [4.69, 9.17) is 4.42 Å². The smallest absolute Gasteiger partial charge is 0.408 e. The molecular formula is C21H23FN2O2S. The van der Waals surface area contributed by atoms with Crippen molar-refractivity contribution in [3.8, 4) is 0 Å². The summed E-state index contributed by atoms with van der Waals surface area (Å²) in [5, 5.41) is 3.65. The molecule has 2 aromatic carbocycles. The molecule has 0 saturated heterocycles. The molecule has 4 nitrogen and oxygen atoms in total. The number of benzene rings is 2. The van der Waals surface area contributed by atoms with Gasteiger partial charge in [-0.15, -0.1) is 11.8 Å². The Bertz CT molecular complexity index is 943. The number of nitrogens with one attached hydrogen (secondary N) is 2. The number of oxazole rings is 1. The number of halogens is 1. The summed E-state index contributed by atoms with van der Waals surface area (Å²) in [6.45, 7) is 0.958. The van der Waals surface area contributed by atoms with Crippen LogP contribution in [0.25, 0.3) is 11.1 Å². The Hall–Kier alpha value is -2.05. The summed E-state index contributed by atoms with van der Waals surface area (Å²) in [7, 11) is 0. The maximum Gasteiger partial charge on any atom is 0.417 e. The average Bonchev–Trinajstić information content (AvgIpc) is 3.06. The van der Waals surface area contributed by atoms with Gasteiger partial charge in [-0.25, -0.2) is 9.18 Å². The van der Waals surface area contributed by atoms with Gasteiger partial charge in [0.15, 0.2) is 5.58 Å². The van der Waals surface area contributed by atoms with Crippen molar-refractivity contribution in [1.29, 1.82) is 0 Å². The fraction of sp³-hybridized carbons (Fsp3) is 0.381. The van der Waals surface area contributed by atoms with Gasteiger partial charge in [-0.3, -0.25) is 4.98 Å². The molecule has 0 bridgehead atoms. The van der Waals surface area contributed by atoms with E-state index < -0.39 is 5.76 Å². The summed E-state index contributed by atoms with van der Waals surface area (Å²) >= 11 is 1.75. The van der Waals surface area contributed by atoms with Crippen LogP contribution in [-0.4, -0.2) is 23.3 Å². The van der Waals surface area contributed by atoms with Gasteiger partial charge in [0.25, 0.3) is 0 Å². The second kappa shape index (κ2) is 8.31. The number of hydrogen-bond donors (Lipinski definition) is 2. The first-order valence-electron chi connectivity index (χ1n) is 9.42. The molecule has 1 aliphatic carbocycles. The van der Waals surface area contributed by atoms with Crippen molar-refractivity contribution >= 4 is 22.9 Å². The molecule has 0 atom stereocenters. The summed E-state index contributed by atoms with van der Waals surface area (Å²) < 4.78 is 18.0. The first kappa shape index (κ1) is 18.3. The molecule has 1 aliphatic rings. The highest BCUT2D eigenvalue weighted by molar-refractivity contribution is 7.99. The normalized spacial score (nSPS) is 20.2. The van der Waals surface area contributed by atoms with Crippen LogP contribution in [0, 0.1) is 5.82 Å². The first-order chi connectivity index (χ1) is 13.2. The summed E-state index contributed by atoms with van der Waals surface area (Å²) in [6.07, 6.45) is 4.62. The molecule has 0 amide bonds. The topological polar surface area (TPSA) is 58.0 Å². The van der Waals surface area contributed by atoms with E-state index in [0.29, 0.717) is 17.5 Å². The van der Waals surface area contributed by atoms with Crippen LogP contribution in [0.2, 0.25) is 0 Å². The Morgan fingerprint density at radius 2 is 1.89 bits per heavy atom. The second-order valence-corrected chi connectivity index (χ2v) is 8.24. The standard InChI is InChI=1S/C21H23FN2O2S/c22-16-4-8-18(9-5-16)27-12-11-23-17-6-1-14(2-7-17)15-3-10-20-19(13-15)24-21(25)26-20/h3-5,8-10,13-14,17,23H,1-2,6-7,11-12H2,(H,24,25). The third-order valence-electron chi connectivity index (χ3n) is 5.26. The molecule has 4 rings (SSSR count). The van der Waals surface area contributed by atoms with Gasteiger partial charge in [-0.2, -0.15) is 0 Å². The zero-order valence-corrected chi connectivity index (χ0v) is 15.9. The number of aromatic nitrogens is 1. The van der Waals surface area contributed by atoms with Crippen LogP contribution >= 0.6 is 11.8 Å². The quantitative estimate of drug-likeness (QED) is 0.477. The molecule has 1 saturated carbocycles. The largest absolute Gasteiger partial charge is 0.417 e. The molecule has 2 N–H and O–H groups in total. The lowest BCUT2D eigenvalue weighted by molar-refractivity contribution is 0.348. The van der Waals surface area contributed by atoms with Crippen molar-refractivity contribution in [3.05, 3.63) is 64.4 Å². The Morgan fingerprint density at radius 3 is 2.67 bits per heavy atom. The minimum Gasteiger partial charge on any atom is -0.408 e. The average molecular weight is 386 g/mol. The van der Waals surface area contributed by atoms with E-state index in [1.54, 1.807) is 11.8 Å². The summed E-state index contributed by atoms with van der Waals surface area (Å²) in [6, 6.07) is 13.3. The molecule has 27 heavy (non-hydrogen) atoms. The van der Waals surface area contributed by atoms with Gasteiger partial charge < -0.3 is 9.73 Å². The molecule has 0 radical (unpaired) electrons. The molecule has 6 heteroatoms. The number of thioether (sulfide) groups is 1. The third-order valence-corrected chi connectivity index (χ3v) is 6.27. The first-order valence-corrected chi connectivity index (χ1v) is 10.4. The van der Waals surface area contributed by atoms with E-state index in [1.807, 2.05) is 18.2 Å². The molecular weight excluding hydrogens is 363 g/mol. The number of H-pyrrole nitrogens is 1. The molecule has 0 unspecified atom stereocenters. The van der Waals surface area contributed by atoms with Crippen LogP contribution < -0.4 is 11.1 Å². The van der Waals surface area contributed by atoms with E-state index in [1.165, 1.54) is 17.7 Å². The van der Waals surface area contributed by atoms with Crippen LogP contribution in [0.4, 0.5) is 4.39 Å². The van der Waals surface area contributed by atoms with Crippen molar-refractivity contribution in [2.45, 2.75) is 42.5 Å². The highest BCUT2D eigenvalue weighted by Crippen LogP contribution is 2.34. The van der Waals surface area contributed by atoms with Crippen LogP contribution in [0.15, 0.2) is 56.6 Å². The minimum atomic E-state index is -0.395. The van der Waals surface area contributed by atoms with Gasteiger partial charge in [0.2, 0.25) is 0 Å². The van der Waals surface area contributed by atoms with Gasteiger partial charge in [-0.05, 0) is 73.6 Å². The molecule has 3 aromatic rings. The van der Waals surface area contributed by atoms with E-state index in [0.717, 1.165) is 48.4 Å². The van der Waals surface area contributed by atoms with Crippen LogP contribution in [0.3, 0.4) is 0 Å². The van der Waals surface area contributed by atoms with E-state index in [2.05, 4.69) is 22.4 Å². The minimum absolute atomic E-state index is 0.187. The highest BCUT2D eigenvalue weighted by Gasteiger charge is 2.22. The number of aromatic amines is 1. The molecule has 1 aromatic heterocycles. The Morgan fingerprint density at radius 1 is 1.11 bits per heavy atom. The van der Waals surface area contributed by atoms with Crippen molar-refractivity contribution in [2.24, 2.45) is 0 Å². The van der Waals surface area contributed by atoms with Crippen molar-refractivity contribution in [3.63, 3.8) is 0 Å². The van der Waals surface area contributed by atoms with Gasteiger partial charge in [0, 0.05) is 23.2 Å². The van der Waals surface area contributed by atoms with Crippen LogP contribution in [0.1, 0.15) is 37.2 Å². The monoisotopic (exact) mass is 386 g/mol. The zero-order valence-electron chi connectivity index (χ0n) is 15.0. The molecule has 0 spiro atoms. The second-order valence-electron chi connectivity index (χ2n) is 7.08. The highest BCUT2D eigenvalue weighted by atomic mass is 32.2. The lowest BCUT2D eigenvalue weighted by Crippen LogP contribution is -2.34. The molecule has 1 fully saturated rings. The van der Waals surface area contributed by atoms with Crippen molar-refractivity contribution in [2.75, 3.05) is 12.3 Å². The number of rotatable bonds is 6. The lowest BCUT2D eigenvalue weighted by Gasteiger charge is -2.29. The summed E-state index contributed by atoms with van der Waals surface area (Å²) in [5.41, 5.74) is 2.69. The fourth-order valence-corrected chi connectivity index (χ4v) is 4.60. The van der Waals surface area contributed by atoms with Crippen LogP contribution in [-0.2, 0) is 0 Å². The van der Waals surface area contributed by atoms with Gasteiger partial charge >= 0.3 is 5.76 Å². The zero-order chi connectivity index (χ0) is 18.6. The van der Waals surface area contributed by atoms with Crippen molar-refractivity contribution < 1.29 is 8.81 Å². The Kier molecular flexibility index (Phi) is 5.64. The van der Waals surface area contributed by atoms with Gasteiger partial charge in [0.1, 0.15) is 5.82 Å². The third kappa shape index (κ3) is 4.62. The van der Waals surface area contributed by atoms with Crippen molar-refractivity contribution in [1.82, 2.24) is 10.3 Å². The molecule has 0 aliphatic heterocycles. The van der Waals surface area contributed by atoms with E-state index in [9.17, 15) is 9.18 Å². The predicted molar refractivity (Wildman–Crippen MR) is 107 cm³/mol. The van der Waals surface area contributed by atoms with E-state index in [-0.39, 0.29) is 5.82 Å². The predicted octanol–water partition coefficient (Wildman–Crippen LogP) is 4.67. The summed E-state index contributed by atoms with van der Waals surface area (Å²) in [5.74, 6) is 0.941. The number of fused-ring (bicyclic) bond motifs is 1. The number of hydrogen-bond acceptors (Lipinski definition) is 4. The van der Waals surface area contributed by atoms with E-state index >= 15 is 0 Å². The van der Waals surface area contributed by atoms with Gasteiger partial charge in [0.05, 0.1) is 5.52 Å². The fourth-order valence-electron chi connectivity index (χ4n) is 3.82. The SMILES string of the molecule is O=c1[nH]c2cc(C3CCC(NCCSc4ccc(F)cc4)CC3)ccc2o1. The van der Waals surface area contributed by atoms with Crippen LogP contribution in [0.5, 0.6) is 0 Å².